The van der Waals surface area contributed by atoms with Gasteiger partial charge in [-0.2, -0.15) is 0 Å². The van der Waals surface area contributed by atoms with Crippen LogP contribution in [0, 0.1) is 5.82 Å². The largest absolute Gasteiger partial charge is 0.497 e. The third kappa shape index (κ3) is 2.84. The van der Waals surface area contributed by atoms with Gasteiger partial charge in [0.15, 0.2) is 0 Å². The molecule has 2 rings (SSSR count). The van der Waals surface area contributed by atoms with Crippen LogP contribution in [0.25, 0.3) is 0 Å². The van der Waals surface area contributed by atoms with Crippen molar-refractivity contribution >= 4 is 11.3 Å². The molecule has 4 nitrogen and oxygen atoms in total. The number of benzene rings is 1. The van der Waals surface area contributed by atoms with Crippen LogP contribution in [0.1, 0.15) is 16.5 Å². The molecule has 0 saturated heterocycles. The van der Waals surface area contributed by atoms with Crippen molar-refractivity contribution in [1.82, 2.24) is 10.4 Å². The van der Waals surface area contributed by atoms with E-state index in [-0.39, 0.29) is 11.9 Å². The smallest absolute Gasteiger partial charge is 0.131 e. The number of hydrazine groups is 1. The van der Waals surface area contributed by atoms with Crippen molar-refractivity contribution in [3.8, 4) is 5.75 Å². The lowest BCUT2D eigenvalue weighted by molar-refractivity contribution is 0.409. The van der Waals surface area contributed by atoms with E-state index in [1.165, 1.54) is 24.5 Å². The second-order valence-electron chi connectivity index (χ2n) is 3.78. The maximum Gasteiger partial charge on any atom is 0.131 e. The summed E-state index contributed by atoms with van der Waals surface area (Å²) in [6, 6.07) is 4.47. The van der Waals surface area contributed by atoms with Crippen LogP contribution >= 0.6 is 11.3 Å². The summed E-state index contributed by atoms with van der Waals surface area (Å²) < 4.78 is 18.9. The van der Waals surface area contributed by atoms with Crippen molar-refractivity contribution in [2.24, 2.45) is 5.84 Å². The molecule has 1 unspecified atom stereocenters. The molecular weight excluding hydrogens is 253 g/mol. The molecule has 0 radical (unpaired) electrons. The lowest BCUT2D eigenvalue weighted by Gasteiger charge is -2.16. The molecule has 0 bridgehead atoms. The summed E-state index contributed by atoms with van der Waals surface area (Å²) in [7, 11) is 1.50. The van der Waals surface area contributed by atoms with Gasteiger partial charge in [0.25, 0.3) is 0 Å². The summed E-state index contributed by atoms with van der Waals surface area (Å²) in [6.07, 6.45) is 2.36. The molecule has 0 aliphatic rings. The van der Waals surface area contributed by atoms with Gasteiger partial charge in [-0.3, -0.25) is 16.3 Å². The summed E-state index contributed by atoms with van der Waals surface area (Å²) in [5.74, 6) is 5.66. The van der Waals surface area contributed by atoms with Gasteiger partial charge in [-0.15, -0.1) is 11.3 Å². The van der Waals surface area contributed by atoms with Gasteiger partial charge in [-0.25, -0.2) is 4.39 Å². The molecule has 6 heteroatoms. The van der Waals surface area contributed by atoms with E-state index in [2.05, 4.69) is 10.4 Å². The summed E-state index contributed by atoms with van der Waals surface area (Å²) in [4.78, 5) is 5.04. The maximum absolute atomic E-state index is 13.9. The number of nitrogens with zero attached hydrogens (tertiary/aromatic N) is 1. The van der Waals surface area contributed by atoms with Crippen LogP contribution in [0.2, 0.25) is 0 Å². The first-order chi connectivity index (χ1) is 8.74. The number of hydrogen-bond acceptors (Lipinski definition) is 5. The Balaban J connectivity index is 2.22. The number of methoxy groups -OCH3 is 1. The molecule has 3 N–H and O–H groups in total. The molecule has 1 atom stereocenters. The molecule has 96 valence electrons. The first kappa shape index (κ1) is 12.9. The van der Waals surface area contributed by atoms with Crippen molar-refractivity contribution in [1.29, 1.82) is 0 Å². The number of thiazole rings is 1. The highest BCUT2D eigenvalue weighted by Gasteiger charge is 2.16. The minimum absolute atomic E-state index is 0.281. The monoisotopic (exact) mass is 267 g/mol. The fraction of sp³-hybridized carbons (Fsp3) is 0.250. The van der Waals surface area contributed by atoms with Crippen LogP contribution in [0.4, 0.5) is 4.39 Å². The average molecular weight is 267 g/mol. The average Bonchev–Trinajstić information content (AvgIpc) is 2.89. The highest BCUT2D eigenvalue weighted by molar-refractivity contribution is 7.09. The Hall–Kier alpha value is -1.50. The highest BCUT2D eigenvalue weighted by Crippen LogP contribution is 2.25. The summed E-state index contributed by atoms with van der Waals surface area (Å²) in [6.45, 7) is 0. The number of rotatable bonds is 5. The second kappa shape index (κ2) is 5.90. The minimum Gasteiger partial charge on any atom is -0.497 e. The molecular formula is C12H14FN3OS. The molecule has 0 fully saturated rings. The topological polar surface area (TPSA) is 60.2 Å². The maximum atomic E-state index is 13.9. The summed E-state index contributed by atoms with van der Waals surface area (Å²) >= 11 is 1.52. The van der Waals surface area contributed by atoms with E-state index in [1.807, 2.05) is 0 Å². The van der Waals surface area contributed by atoms with Gasteiger partial charge < -0.3 is 4.74 Å². The number of aromatic nitrogens is 1. The summed E-state index contributed by atoms with van der Waals surface area (Å²) in [5.41, 5.74) is 4.90. The Kier molecular flexibility index (Phi) is 4.24. The van der Waals surface area contributed by atoms with Gasteiger partial charge >= 0.3 is 0 Å². The van der Waals surface area contributed by atoms with Crippen molar-refractivity contribution in [2.45, 2.75) is 12.5 Å². The van der Waals surface area contributed by atoms with E-state index in [9.17, 15) is 4.39 Å². The van der Waals surface area contributed by atoms with Crippen LogP contribution in [-0.2, 0) is 6.42 Å². The molecule has 0 aliphatic heterocycles. The van der Waals surface area contributed by atoms with E-state index in [4.69, 9.17) is 10.6 Å². The van der Waals surface area contributed by atoms with Crippen molar-refractivity contribution in [3.05, 3.63) is 46.2 Å². The minimum atomic E-state index is -0.332. The van der Waals surface area contributed by atoms with Crippen LogP contribution in [0.15, 0.2) is 29.9 Å². The van der Waals surface area contributed by atoms with Gasteiger partial charge in [0.2, 0.25) is 0 Å². The number of hydrogen-bond donors (Lipinski definition) is 2. The highest BCUT2D eigenvalue weighted by atomic mass is 32.1. The van der Waals surface area contributed by atoms with Gasteiger partial charge in [-0.1, -0.05) is 6.07 Å². The molecule has 0 spiro atoms. The number of ether oxygens (including phenoxy) is 1. The third-order valence-electron chi connectivity index (χ3n) is 2.67. The van der Waals surface area contributed by atoms with Crippen LogP contribution in [-0.4, -0.2) is 12.1 Å². The Labute approximate surface area is 109 Å². The summed E-state index contributed by atoms with van der Waals surface area (Å²) in [5, 5.41) is 0. The zero-order valence-corrected chi connectivity index (χ0v) is 10.7. The molecule has 1 aromatic carbocycles. The molecule has 0 saturated carbocycles. The molecule has 0 amide bonds. The van der Waals surface area contributed by atoms with Gasteiger partial charge in [-0.05, 0) is 6.07 Å². The molecule has 1 heterocycles. The predicted octanol–water partition coefficient (Wildman–Crippen LogP) is 2.04. The van der Waals surface area contributed by atoms with Gasteiger partial charge in [0.05, 0.1) is 18.7 Å². The fourth-order valence-electron chi connectivity index (χ4n) is 1.72. The Morgan fingerprint density at radius 1 is 1.56 bits per heavy atom. The second-order valence-corrected chi connectivity index (χ2v) is 4.75. The van der Waals surface area contributed by atoms with Crippen molar-refractivity contribution < 1.29 is 9.13 Å². The molecule has 18 heavy (non-hydrogen) atoms. The molecule has 1 aromatic heterocycles. The fourth-order valence-corrected chi connectivity index (χ4v) is 2.36. The standard InChI is InChI=1S/C12H14FN3OS/c1-17-8-2-3-10(11(13)4-8)12(16-14)5-9-6-15-7-18-9/h2-4,6-7,12,16H,5,14H2,1H3. The predicted molar refractivity (Wildman–Crippen MR) is 68.8 cm³/mol. The third-order valence-corrected chi connectivity index (χ3v) is 3.47. The normalized spacial score (nSPS) is 12.4. The first-order valence-corrected chi connectivity index (χ1v) is 6.29. The SMILES string of the molecule is COc1ccc(C(Cc2cncs2)NN)c(F)c1. The number of halogens is 1. The van der Waals surface area contributed by atoms with E-state index in [0.717, 1.165) is 4.88 Å². The van der Waals surface area contributed by atoms with E-state index < -0.39 is 0 Å². The van der Waals surface area contributed by atoms with Crippen molar-refractivity contribution in [2.75, 3.05) is 7.11 Å². The lowest BCUT2D eigenvalue weighted by atomic mass is 10.0. The lowest BCUT2D eigenvalue weighted by Crippen LogP contribution is -2.30. The van der Waals surface area contributed by atoms with Gasteiger partial charge in [0, 0.05) is 29.1 Å². The first-order valence-electron chi connectivity index (χ1n) is 5.41. The Bertz CT molecular complexity index is 504. The van der Waals surface area contributed by atoms with E-state index in [0.29, 0.717) is 17.7 Å². The molecule has 2 aromatic rings. The zero-order chi connectivity index (χ0) is 13.0. The Morgan fingerprint density at radius 2 is 2.39 bits per heavy atom. The quantitative estimate of drug-likeness (QED) is 0.643. The van der Waals surface area contributed by atoms with E-state index >= 15 is 0 Å². The molecule has 0 aliphatic carbocycles. The van der Waals surface area contributed by atoms with Gasteiger partial charge in [0.1, 0.15) is 11.6 Å². The van der Waals surface area contributed by atoms with E-state index in [1.54, 1.807) is 23.8 Å². The van der Waals surface area contributed by atoms with Crippen molar-refractivity contribution in [3.63, 3.8) is 0 Å². The van der Waals surface area contributed by atoms with Crippen LogP contribution in [0.5, 0.6) is 5.75 Å². The number of nitrogens with two attached hydrogens (primary N) is 1. The van der Waals surface area contributed by atoms with Crippen LogP contribution < -0.4 is 16.0 Å². The number of nitrogens with one attached hydrogen (secondary N) is 1. The van der Waals surface area contributed by atoms with Crippen LogP contribution in [0.3, 0.4) is 0 Å². The zero-order valence-electron chi connectivity index (χ0n) is 9.89. The Morgan fingerprint density at radius 3 is 2.94 bits per heavy atom.